The molecule has 0 fully saturated rings. The number of nitrogens with zero attached hydrogens (tertiary/aromatic N) is 4. The van der Waals surface area contributed by atoms with Gasteiger partial charge in [0, 0.05) is 0 Å². The normalized spacial score (nSPS) is 10.9. The standard InChI is InChI=1S/C21H18Cl2N8O2S4/c22-12-6-10(1-3-14(12)26-16(32)8-34-20-30-28-18(24)36-20)5-11-2-4-15(13(23)7-11)27-17(33)9-35-21-31-29-19(25)37-21/h1-4,6-7H,5,8-9H2,(H2,24,28)(H2,25,29)(H,26,32)(H,27,33). The summed E-state index contributed by atoms with van der Waals surface area (Å²) < 4.78 is 1.24. The number of nitrogens with two attached hydrogens (primary N) is 2. The van der Waals surface area contributed by atoms with Gasteiger partial charge in [0.25, 0.3) is 0 Å². The molecule has 0 atom stereocenters. The number of nitrogen functional groups attached to an aromatic ring is 2. The number of anilines is 4. The first-order valence-corrected chi connectivity index (χ1v) is 14.7. The molecule has 2 amide bonds. The van der Waals surface area contributed by atoms with E-state index in [0.717, 1.165) is 11.1 Å². The summed E-state index contributed by atoms with van der Waals surface area (Å²) in [6.45, 7) is 0. The third-order valence-corrected chi connectivity index (χ3v) is 8.92. The molecule has 10 nitrogen and oxygen atoms in total. The fourth-order valence-electron chi connectivity index (χ4n) is 2.96. The highest BCUT2D eigenvalue weighted by Gasteiger charge is 2.12. The lowest BCUT2D eigenvalue weighted by Gasteiger charge is -2.11. The zero-order valence-corrected chi connectivity index (χ0v) is 23.5. The van der Waals surface area contributed by atoms with Gasteiger partial charge in [0.2, 0.25) is 22.1 Å². The lowest BCUT2D eigenvalue weighted by atomic mass is 10.0. The summed E-state index contributed by atoms with van der Waals surface area (Å²) in [6, 6.07) is 10.8. The Morgan fingerprint density at radius 1 is 0.757 bits per heavy atom. The van der Waals surface area contributed by atoms with Crippen LogP contribution in [0.25, 0.3) is 0 Å². The Hall–Kier alpha value is -2.62. The van der Waals surface area contributed by atoms with E-state index in [2.05, 4.69) is 31.0 Å². The summed E-state index contributed by atoms with van der Waals surface area (Å²) in [7, 11) is 0. The van der Waals surface area contributed by atoms with Gasteiger partial charge in [-0.3, -0.25) is 9.59 Å². The summed E-state index contributed by atoms with van der Waals surface area (Å²) in [6.07, 6.45) is 0.560. The average Bonchev–Trinajstić information content (AvgIpc) is 3.47. The van der Waals surface area contributed by atoms with Gasteiger partial charge in [-0.25, -0.2) is 0 Å². The zero-order chi connectivity index (χ0) is 26.4. The van der Waals surface area contributed by atoms with Crippen molar-refractivity contribution in [2.75, 3.05) is 33.6 Å². The molecule has 0 radical (unpaired) electrons. The first kappa shape index (κ1) is 27.4. The number of halogens is 2. The van der Waals surface area contributed by atoms with Gasteiger partial charge in [-0.15, -0.1) is 20.4 Å². The van der Waals surface area contributed by atoms with Gasteiger partial charge in [-0.2, -0.15) is 0 Å². The number of rotatable bonds is 10. The predicted molar refractivity (Wildman–Crippen MR) is 153 cm³/mol. The Morgan fingerprint density at radius 2 is 1.19 bits per heavy atom. The molecular weight excluding hydrogens is 595 g/mol. The van der Waals surface area contributed by atoms with Gasteiger partial charge in [-0.05, 0) is 41.8 Å². The van der Waals surface area contributed by atoms with Crippen molar-refractivity contribution in [1.29, 1.82) is 0 Å². The van der Waals surface area contributed by atoms with Crippen LogP contribution in [0.3, 0.4) is 0 Å². The Kier molecular flexibility index (Phi) is 9.45. The minimum Gasteiger partial charge on any atom is -0.374 e. The van der Waals surface area contributed by atoms with Crippen LogP contribution in [0.1, 0.15) is 11.1 Å². The number of hydrogen-bond donors (Lipinski definition) is 4. The highest BCUT2D eigenvalue weighted by molar-refractivity contribution is 8.02. The Bertz CT molecular complexity index is 1330. The van der Waals surface area contributed by atoms with Crippen LogP contribution in [0.15, 0.2) is 45.1 Å². The summed E-state index contributed by atoms with van der Waals surface area (Å²) in [5, 5.41) is 22.3. The van der Waals surface area contributed by atoms with Crippen LogP contribution in [0.5, 0.6) is 0 Å². The molecule has 0 spiro atoms. The van der Waals surface area contributed by atoms with E-state index in [-0.39, 0.29) is 23.3 Å². The Balaban J connectivity index is 1.29. The second-order valence-electron chi connectivity index (χ2n) is 7.29. The van der Waals surface area contributed by atoms with Crippen molar-refractivity contribution in [3.8, 4) is 0 Å². The van der Waals surface area contributed by atoms with Crippen LogP contribution < -0.4 is 22.1 Å². The molecule has 2 heterocycles. The fourth-order valence-corrected chi connectivity index (χ4v) is 6.33. The van der Waals surface area contributed by atoms with Crippen LogP contribution in [-0.4, -0.2) is 43.7 Å². The summed E-state index contributed by atoms with van der Waals surface area (Å²) in [5.74, 6) is -0.125. The quantitative estimate of drug-likeness (QED) is 0.181. The Morgan fingerprint density at radius 3 is 1.54 bits per heavy atom. The predicted octanol–water partition coefficient (Wildman–Crippen LogP) is 4.91. The summed E-state index contributed by atoms with van der Waals surface area (Å²) >= 11 is 17.7. The number of thioether (sulfide) groups is 2. The molecule has 0 aliphatic carbocycles. The number of carbonyl (C=O) groups excluding carboxylic acids is 2. The molecule has 192 valence electrons. The molecule has 0 aliphatic rings. The molecule has 0 unspecified atom stereocenters. The molecule has 2 aromatic heterocycles. The zero-order valence-electron chi connectivity index (χ0n) is 18.7. The molecule has 37 heavy (non-hydrogen) atoms. The van der Waals surface area contributed by atoms with E-state index in [1.54, 1.807) is 24.3 Å². The highest BCUT2D eigenvalue weighted by Crippen LogP contribution is 2.29. The van der Waals surface area contributed by atoms with Crippen LogP contribution in [0.4, 0.5) is 21.6 Å². The molecule has 0 bridgehead atoms. The van der Waals surface area contributed by atoms with E-state index in [1.165, 1.54) is 46.2 Å². The van der Waals surface area contributed by atoms with Crippen molar-refractivity contribution in [3.63, 3.8) is 0 Å². The maximum Gasteiger partial charge on any atom is 0.234 e. The molecule has 0 saturated carbocycles. The lowest BCUT2D eigenvalue weighted by molar-refractivity contribution is -0.114. The molecular formula is C21H18Cl2N8O2S4. The minimum atomic E-state index is -0.219. The van der Waals surface area contributed by atoms with Crippen molar-refractivity contribution in [2.24, 2.45) is 0 Å². The largest absolute Gasteiger partial charge is 0.374 e. The topological polar surface area (TPSA) is 162 Å². The van der Waals surface area contributed by atoms with Gasteiger partial charge in [-0.1, -0.05) is 81.5 Å². The van der Waals surface area contributed by atoms with Crippen molar-refractivity contribution in [2.45, 2.75) is 15.1 Å². The minimum absolute atomic E-state index is 0.156. The highest BCUT2D eigenvalue weighted by atomic mass is 35.5. The number of carbonyl (C=O) groups is 2. The van der Waals surface area contributed by atoms with E-state index >= 15 is 0 Å². The molecule has 6 N–H and O–H groups in total. The molecule has 2 aromatic carbocycles. The first-order valence-electron chi connectivity index (χ1n) is 10.4. The Labute approximate surface area is 237 Å². The van der Waals surface area contributed by atoms with Crippen molar-refractivity contribution in [3.05, 3.63) is 57.6 Å². The van der Waals surface area contributed by atoms with Crippen LogP contribution in [-0.2, 0) is 16.0 Å². The lowest BCUT2D eigenvalue weighted by Crippen LogP contribution is -2.14. The molecule has 0 aliphatic heterocycles. The summed E-state index contributed by atoms with van der Waals surface area (Å²) in [5.41, 5.74) is 14.0. The number of nitrogens with one attached hydrogen (secondary N) is 2. The van der Waals surface area contributed by atoms with E-state index in [0.29, 0.717) is 46.8 Å². The number of aromatic nitrogens is 4. The van der Waals surface area contributed by atoms with Gasteiger partial charge >= 0.3 is 0 Å². The third-order valence-electron chi connectivity index (χ3n) is 4.52. The fraction of sp³-hybridized carbons (Fsp3) is 0.143. The van der Waals surface area contributed by atoms with Crippen LogP contribution in [0, 0.1) is 0 Å². The smallest absolute Gasteiger partial charge is 0.234 e. The molecule has 0 saturated heterocycles. The van der Waals surface area contributed by atoms with Crippen molar-refractivity contribution < 1.29 is 9.59 Å². The average molecular weight is 614 g/mol. The monoisotopic (exact) mass is 612 g/mol. The summed E-state index contributed by atoms with van der Waals surface area (Å²) in [4.78, 5) is 24.5. The van der Waals surface area contributed by atoms with Gasteiger partial charge in [0.05, 0.1) is 32.9 Å². The number of amides is 2. The second-order valence-corrected chi connectivity index (χ2v) is 12.6. The molecule has 16 heteroatoms. The maximum absolute atomic E-state index is 12.3. The first-order chi connectivity index (χ1) is 17.7. The van der Waals surface area contributed by atoms with E-state index in [9.17, 15) is 9.59 Å². The third kappa shape index (κ3) is 8.18. The molecule has 4 aromatic rings. The van der Waals surface area contributed by atoms with Crippen LogP contribution >= 0.6 is 69.4 Å². The van der Waals surface area contributed by atoms with Crippen LogP contribution in [0.2, 0.25) is 10.0 Å². The van der Waals surface area contributed by atoms with Gasteiger partial charge in [0.1, 0.15) is 0 Å². The van der Waals surface area contributed by atoms with E-state index in [4.69, 9.17) is 34.7 Å². The van der Waals surface area contributed by atoms with E-state index in [1.807, 2.05) is 12.1 Å². The maximum atomic E-state index is 12.3. The van der Waals surface area contributed by atoms with Gasteiger partial charge in [0.15, 0.2) is 8.68 Å². The van der Waals surface area contributed by atoms with E-state index < -0.39 is 0 Å². The SMILES string of the molecule is Nc1nnc(SCC(=O)Nc2ccc(Cc3ccc(NC(=O)CSc4nnc(N)s4)c(Cl)c3)cc2Cl)s1. The number of hydrogen-bond acceptors (Lipinski definition) is 12. The van der Waals surface area contributed by atoms with Crippen molar-refractivity contribution >= 4 is 103 Å². The molecule has 4 rings (SSSR count). The van der Waals surface area contributed by atoms with Crippen molar-refractivity contribution in [1.82, 2.24) is 20.4 Å². The second kappa shape index (κ2) is 12.8. The van der Waals surface area contributed by atoms with Gasteiger partial charge < -0.3 is 22.1 Å². The number of benzene rings is 2.